The summed E-state index contributed by atoms with van der Waals surface area (Å²) in [5.41, 5.74) is 1.05. The summed E-state index contributed by atoms with van der Waals surface area (Å²) in [7, 11) is 0. The number of urea groups is 1. The summed E-state index contributed by atoms with van der Waals surface area (Å²) in [6, 6.07) is 6.87. The highest BCUT2D eigenvalue weighted by Gasteiger charge is 2.36. The zero-order valence-electron chi connectivity index (χ0n) is 16.4. The van der Waals surface area contributed by atoms with Gasteiger partial charge in [0.05, 0.1) is 11.7 Å². The summed E-state index contributed by atoms with van der Waals surface area (Å²) in [6.45, 7) is 3.51. The van der Waals surface area contributed by atoms with E-state index in [1.807, 2.05) is 6.92 Å². The lowest BCUT2D eigenvalue weighted by Gasteiger charge is -2.34. The number of benzene rings is 1. The molecule has 10 heteroatoms. The number of nitrogens with zero attached hydrogens (tertiary/aromatic N) is 2. The Morgan fingerprint density at radius 3 is 2.63 bits per heavy atom. The lowest BCUT2D eigenvalue weighted by atomic mass is 10.0. The molecule has 7 nitrogen and oxygen atoms in total. The molecule has 0 bridgehead atoms. The number of amides is 3. The van der Waals surface area contributed by atoms with Gasteiger partial charge in [-0.2, -0.15) is 0 Å². The van der Waals surface area contributed by atoms with Crippen LogP contribution in [0.3, 0.4) is 0 Å². The van der Waals surface area contributed by atoms with Gasteiger partial charge in [0.25, 0.3) is 0 Å². The van der Waals surface area contributed by atoms with Crippen molar-refractivity contribution >= 4 is 23.4 Å². The molecule has 3 amide bonds. The first-order valence-corrected chi connectivity index (χ1v) is 9.41. The van der Waals surface area contributed by atoms with Crippen molar-refractivity contribution in [1.82, 2.24) is 10.3 Å². The number of rotatable bonds is 5. The van der Waals surface area contributed by atoms with Crippen molar-refractivity contribution in [2.45, 2.75) is 45.1 Å². The van der Waals surface area contributed by atoms with Crippen LogP contribution >= 0.6 is 0 Å². The van der Waals surface area contributed by atoms with Crippen molar-refractivity contribution < 1.29 is 27.5 Å². The fraction of sp³-hybridized carbons (Fsp3) is 0.350. The minimum atomic E-state index is -4.77. The molecule has 2 aromatic rings. The highest BCUT2D eigenvalue weighted by atomic mass is 19.4. The van der Waals surface area contributed by atoms with Crippen LogP contribution in [-0.2, 0) is 4.79 Å². The Bertz CT molecular complexity index is 918. The standard InChI is InChI=1S/C20H21F3N4O3/c1-3-5-15(13-7-9-14(10-8-13)30-20(21,22)23)26-19(29)27-12(2)18(28)25-16-6-4-11-24-17(16)27/h4,6-12,15H,3,5H2,1-2H3,(H,25,28)(H,26,29). The van der Waals surface area contributed by atoms with Gasteiger partial charge in [0.2, 0.25) is 5.91 Å². The van der Waals surface area contributed by atoms with Crippen LogP contribution in [0.15, 0.2) is 42.6 Å². The molecule has 0 spiro atoms. The van der Waals surface area contributed by atoms with Gasteiger partial charge in [-0.15, -0.1) is 13.2 Å². The van der Waals surface area contributed by atoms with E-state index >= 15 is 0 Å². The maximum Gasteiger partial charge on any atom is 0.573 e. The third-order valence-corrected chi connectivity index (χ3v) is 4.65. The largest absolute Gasteiger partial charge is 0.573 e. The fourth-order valence-electron chi connectivity index (χ4n) is 3.23. The van der Waals surface area contributed by atoms with E-state index in [2.05, 4.69) is 20.4 Å². The Morgan fingerprint density at radius 1 is 1.30 bits per heavy atom. The van der Waals surface area contributed by atoms with E-state index in [9.17, 15) is 22.8 Å². The van der Waals surface area contributed by atoms with E-state index in [0.29, 0.717) is 23.5 Å². The normalized spacial score (nSPS) is 17.0. The number of aromatic nitrogens is 1. The van der Waals surface area contributed by atoms with Gasteiger partial charge in [-0.25, -0.2) is 9.78 Å². The molecule has 30 heavy (non-hydrogen) atoms. The molecule has 2 atom stereocenters. The van der Waals surface area contributed by atoms with Gasteiger partial charge in [-0.3, -0.25) is 9.69 Å². The smallest absolute Gasteiger partial charge is 0.406 e. The van der Waals surface area contributed by atoms with E-state index in [0.717, 1.165) is 6.42 Å². The predicted molar refractivity (Wildman–Crippen MR) is 104 cm³/mol. The van der Waals surface area contributed by atoms with E-state index in [1.54, 1.807) is 19.1 Å². The molecule has 3 rings (SSSR count). The minimum absolute atomic E-state index is 0.325. The SMILES string of the molecule is CCCC(NC(=O)N1c2ncccc2NC(=O)C1C)c1ccc(OC(F)(F)F)cc1. The topological polar surface area (TPSA) is 83.6 Å². The van der Waals surface area contributed by atoms with Crippen molar-refractivity contribution in [2.75, 3.05) is 10.2 Å². The zero-order chi connectivity index (χ0) is 21.9. The quantitative estimate of drug-likeness (QED) is 0.749. The number of pyridine rings is 1. The first-order chi connectivity index (χ1) is 14.2. The highest BCUT2D eigenvalue weighted by Crippen LogP contribution is 2.31. The van der Waals surface area contributed by atoms with Crippen LogP contribution in [0, 0.1) is 0 Å². The Morgan fingerprint density at radius 2 is 2.00 bits per heavy atom. The van der Waals surface area contributed by atoms with Gasteiger partial charge in [-0.05, 0) is 43.2 Å². The second-order valence-electron chi connectivity index (χ2n) is 6.82. The van der Waals surface area contributed by atoms with Crippen LogP contribution in [0.2, 0.25) is 0 Å². The first kappa shape index (κ1) is 21.4. The molecular formula is C20H21F3N4O3. The molecule has 1 aromatic heterocycles. The van der Waals surface area contributed by atoms with E-state index in [-0.39, 0.29) is 11.7 Å². The number of ether oxygens (including phenoxy) is 1. The number of halogens is 3. The van der Waals surface area contributed by atoms with Crippen LogP contribution in [0.25, 0.3) is 0 Å². The Kier molecular flexibility index (Phi) is 6.14. The monoisotopic (exact) mass is 422 g/mol. The number of carbonyl (C=O) groups is 2. The molecule has 0 radical (unpaired) electrons. The molecular weight excluding hydrogens is 401 g/mol. The lowest BCUT2D eigenvalue weighted by molar-refractivity contribution is -0.274. The Labute approximate surface area is 171 Å². The molecule has 2 unspecified atom stereocenters. The van der Waals surface area contributed by atoms with Gasteiger partial charge in [0.1, 0.15) is 11.8 Å². The maximum atomic E-state index is 13.1. The van der Waals surface area contributed by atoms with Crippen molar-refractivity contribution in [3.05, 3.63) is 48.2 Å². The molecule has 1 aromatic carbocycles. The third kappa shape index (κ3) is 4.81. The average molecular weight is 422 g/mol. The maximum absolute atomic E-state index is 13.1. The molecule has 0 aliphatic carbocycles. The fourth-order valence-corrected chi connectivity index (χ4v) is 3.23. The molecule has 0 saturated heterocycles. The Balaban J connectivity index is 1.81. The van der Waals surface area contributed by atoms with Crippen molar-refractivity contribution in [3.63, 3.8) is 0 Å². The number of fused-ring (bicyclic) bond motifs is 1. The van der Waals surface area contributed by atoms with Crippen LogP contribution < -0.4 is 20.3 Å². The number of nitrogens with one attached hydrogen (secondary N) is 2. The van der Waals surface area contributed by atoms with Gasteiger partial charge in [0, 0.05) is 6.20 Å². The average Bonchev–Trinajstić information content (AvgIpc) is 2.68. The Hall–Kier alpha value is -3.30. The van der Waals surface area contributed by atoms with Crippen LogP contribution in [0.5, 0.6) is 5.75 Å². The van der Waals surface area contributed by atoms with Gasteiger partial charge >= 0.3 is 12.4 Å². The number of hydrogen-bond acceptors (Lipinski definition) is 4. The van der Waals surface area contributed by atoms with E-state index < -0.39 is 24.5 Å². The van der Waals surface area contributed by atoms with Gasteiger partial charge in [-0.1, -0.05) is 25.5 Å². The highest BCUT2D eigenvalue weighted by molar-refractivity contribution is 6.10. The second kappa shape index (κ2) is 8.60. The summed E-state index contributed by atoms with van der Waals surface area (Å²) in [6.07, 6.45) is -1.98. The van der Waals surface area contributed by atoms with Crippen molar-refractivity contribution in [2.24, 2.45) is 0 Å². The molecule has 0 saturated carbocycles. The molecule has 2 N–H and O–H groups in total. The number of hydrogen-bond donors (Lipinski definition) is 2. The second-order valence-corrected chi connectivity index (χ2v) is 6.82. The van der Waals surface area contributed by atoms with Gasteiger partial charge in [0.15, 0.2) is 5.82 Å². The van der Waals surface area contributed by atoms with Crippen LogP contribution in [-0.4, -0.2) is 29.3 Å². The summed E-state index contributed by atoms with van der Waals surface area (Å²) >= 11 is 0. The number of alkyl halides is 3. The van der Waals surface area contributed by atoms with Crippen LogP contribution in [0.1, 0.15) is 38.3 Å². The molecule has 160 valence electrons. The predicted octanol–water partition coefficient (Wildman–Crippen LogP) is 4.38. The number of anilines is 2. The number of carbonyl (C=O) groups excluding carboxylic acids is 2. The first-order valence-electron chi connectivity index (χ1n) is 9.41. The van der Waals surface area contributed by atoms with Crippen LogP contribution in [0.4, 0.5) is 29.5 Å². The minimum Gasteiger partial charge on any atom is -0.406 e. The molecule has 1 aliphatic rings. The van der Waals surface area contributed by atoms with E-state index in [4.69, 9.17) is 0 Å². The molecule has 0 fully saturated rings. The van der Waals surface area contributed by atoms with Crippen molar-refractivity contribution in [1.29, 1.82) is 0 Å². The zero-order valence-corrected chi connectivity index (χ0v) is 16.4. The molecule has 1 aliphatic heterocycles. The van der Waals surface area contributed by atoms with Crippen molar-refractivity contribution in [3.8, 4) is 5.75 Å². The third-order valence-electron chi connectivity index (χ3n) is 4.65. The summed E-state index contributed by atoms with van der Waals surface area (Å²) in [5, 5.41) is 5.57. The summed E-state index contributed by atoms with van der Waals surface area (Å²) < 4.78 is 41.0. The van der Waals surface area contributed by atoms with E-state index in [1.165, 1.54) is 35.4 Å². The summed E-state index contributed by atoms with van der Waals surface area (Å²) in [5.74, 6) is -0.357. The summed E-state index contributed by atoms with van der Waals surface area (Å²) in [4.78, 5) is 30.8. The lowest BCUT2D eigenvalue weighted by Crippen LogP contribution is -2.53. The molecule has 2 heterocycles. The van der Waals surface area contributed by atoms with Gasteiger partial charge < -0.3 is 15.4 Å².